The van der Waals surface area contributed by atoms with Crippen LogP contribution in [0.4, 0.5) is 0 Å². The molecule has 6 heteroatoms. The third-order valence-electron chi connectivity index (χ3n) is 3.89. The number of thiazole rings is 1. The number of carboxylic acid groups (broad SMARTS) is 1. The van der Waals surface area contributed by atoms with Crippen molar-refractivity contribution in [1.82, 2.24) is 9.88 Å². The number of aliphatic carboxylic acids is 1. The molecule has 0 aromatic carbocycles. The Morgan fingerprint density at radius 3 is 3.20 bits per heavy atom. The van der Waals surface area contributed by atoms with E-state index >= 15 is 0 Å². The van der Waals surface area contributed by atoms with Crippen molar-refractivity contribution >= 4 is 17.3 Å². The van der Waals surface area contributed by atoms with Gasteiger partial charge in [0.15, 0.2) is 10.8 Å². The molecule has 2 aromatic heterocycles. The molecule has 3 rings (SSSR count). The number of carbonyl (C=O) groups is 1. The number of carboxylic acids is 1. The van der Waals surface area contributed by atoms with E-state index in [2.05, 4.69) is 4.98 Å². The Morgan fingerprint density at radius 2 is 2.50 bits per heavy atom. The van der Waals surface area contributed by atoms with Crippen LogP contribution >= 0.6 is 11.3 Å². The molecule has 1 fully saturated rings. The molecule has 1 atom stereocenters. The molecule has 5 nitrogen and oxygen atoms in total. The normalized spacial score (nSPS) is 23.2. The monoisotopic (exact) mass is 292 g/mol. The van der Waals surface area contributed by atoms with Crippen molar-refractivity contribution in [2.24, 2.45) is 0 Å². The number of rotatable bonds is 4. The molecule has 1 aliphatic heterocycles. The fraction of sp³-hybridized carbons (Fsp3) is 0.429. The number of hydrogen-bond acceptors (Lipinski definition) is 5. The highest BCUT2D eigenvalue weighted by molar-refractivity contribution is 7.13. The van der Waals surface area contributed by atoms with Crippen LogP contribution in [0, 0.1) is 0 Å². The van der Waals surface area contributed by atoms with Gasteiger partial charge >= 0.3 is 5.97 Å². The molecular formula is C14H16N2O3S. The molecule has 0 aliphatic carbocycles. The van der Waals surface area contributed by atoms with Gasteiger partial charge in [0.1, 0.15) is 5.54 Å². The molecule has 0 spiro atoms. The molecule has 20 heavy (non-hydrogen) atoms. The van der Waals surface area contributed by atoms with Gasteiger partial charge in [-0.1, -0.05) is 0 Å². The highest BCUT2D eigenvalue weighted by atomic mass is 32.1. The summed E-state index contributed by atoms with van der Waals surface area (Å²) in [6.07, 6.45) is 3.23. The Hall–Kier alpha value is -1.66. The summed E-state index contributed by atoms with van der Waals surface area (Å²) in [5.41, 5.74) is 0.129. The second kappa shape index (κ2) is 5.03. The van der Waals surface area contributed by atoms with Gasteiger partial charge in [0.25, 0.3) is 0 Å². The predicted molar refractivity (Wildman–Crippen MR) is 75.5 cm³/mol. The van der Waals surface area contributed by atoms with E-state index in [1.54, 1.807) is 13.2 Å². The SMILES string of the molecule is CC1(C(=O)O)CCCN1Cc1csc(-c2ccco2)n1. The van der Waals surface area contributed by atoms with E-state index in [4.69, 9.17) is 4.42 Å². The number of aromatic nitrogens is 1. The standard InChI is InChI=1S/C14H16N2O3S/c1-14(13(17)18)5-3-6-16(14)8-10-9-20-12(15-10)11-4-2-7-19-11/h2,4,7,9H,3,5-6,8H2,1H3,(H,17,18). The molecule has 1 N–H and O–H groups in total. The topological polar surface area (TPSA) is 66.6 Å². The smallest absolute Gasteiger partial charge is 0.323 e. The quantitative estimate of drug-likeness (QED) is 0.938. The maximum absolute atomic E-state index is 11.4. The van der Waals surface area contributed by atoms with Crippen molar-refractivity contribution in [3.05, 3.63) is 29.5 Å². The summed E-state index contributed by atoms with van der Waals surface area (Å²) < 4.78 is 5.32. The van der Waals surface area contributed by atoms with Crippen molar-refractivity contribution in [3.8, 4) is 10.8 Å². The highest BCUT2D eigenvalue weighted by Gasteiger charge is 2.43. The van der Waals surface area contributed by atoms with E-state index in [-0.39, 0.29) is 0 Å². The third-order valence-corrected chi connectivity index (χ3v) is 4.79. The first-order valence-electron chi connectivity index (χ1n) is 6.56. The van der Waals surface area contributed by atoms with E-state index in [0.717, 1.165) is 29.4 Å². The van der Waals surface area contributed by atoms with Gasteiger partial charge in [-0.05, 0) is 38.4 Å². The molecular weight excluding hydrogens is 276 g/mol. The van der Waals surface area contributed by atoms with Crippen LogP contribution in [0.1, 0.15) is 25.5 Å². The third kappa shape index (κ3) is 2.25. The van der Waals surface area contributed by atoms with Crippen molar-refractivity contribution in [1.29, 1.82) is 0 Å². The number of nitrogens with zero attached hydrogens (tertiary/aromatic N) is 2. The van der Waals surface area contributed by atoms with Gasteiger partial charge < -0.3 is 9.52 Å². The fourth-order valence-corrected chi connectivity index (χ4v) is 3.38. The Morgan fingerprint density at radius 1 is 1.65 bits per heavy atom. The average Bonchev–Trinajstić information content (AvgIpc) is 3.12. The second-order valence-electron chi connectivity index (χ2n) is 5.23. The van der Waals surface area contributed by atoms with Crippen LogP contribution in [0.15, 0.2) is 28.2 Å². The molecule has 0 radical (unpaired) electrons. The van der Waals surface area contributed by atoms with Crippen LogP contribution < -0.4 is 0 Å². The molecule has 0 amide bonds. The van der Waals surface area contributed by atoms with E-state index in [1.165, 1.54) is 11.3 Å². The predicted octanol–water partition coefficient (Wildman–Crippen LogP) is 2.84. The molecule has 3 heterocycles. The van der Waals surface area contributed by atoms with E-state index in [1.807, 2.05) is 22.4 Å². The summed E-state index contributed by atoms with van der Waals surface area (Å²) in [5, 5.41) is 12.2. The first-order chi connectivity index (χ1) is 9.59. The van der Waals surface area contributed by atoms with Crippen molar-refractivity contribution in [2.75, 3.05) is 6.54 Å². The zero-order valence-electron chi connectivity index (χ0n) is 11.2. The van der Waals surface area contributed by atoms with Crippen LogP contribution in [0.2, 0.25) is 0 Å². The Balaban J connectivity index is 1.77. The Labute approximate surface area is 120 Å². The van der Waals surface area contributed by atoms with Gasteiger partial charge in [0, 0.05) is 11.9 Å². The minimum atomic E-state index is -0.769. The molecule has 2 aromatic rings. The van der Waals surface area contributed by atoms with Crippen molar-refractivity contribution in [2.45, 2.75) is 31.8 Å². The fourth-order valence-electron chi connectivity index (χ4n) is 2.60. The Kier molecular flexibility index (Phi) is 3.35. The second-order valence-corrected chi connectivity index (χ2v) is 6.08. The van der Waals surface area contributed by atoms with Crippen molar-refractivity contribution in [3.63, 3.8) is 0 Å². The number of furan rings is 1. The minimum Gasteiger partial charge on any atom is -0.480 e. The highest BCUT2D eigenvalue weighted by Crippen LogP contribution is 2.32. The first kappa shape index (κ1) is 13.3. The van der Waals surface area contributed by atoms with Gasteiger partial charge in [-0.25, -0.2) is 4.98 Å². The maximum atomic E-state index is 11.4. The maximum Gasteiger partial charge on any atom is 0.323 e. The molecule has 0 saturated carbocycles. The summed E-state index contributed by atoms with van der Waals surface area (Å²) in [6, 6.07) is 3.71. The van der Waals surface area contributed by atoms with Crippen molar-refractivity contribution < 1.29 is 14.3 Å². The van der Waals surface area contributed by atoms with Crippen LogP contribution in [0.3, 0.4) is 0 Å². The lowest BCUT2D eigenvalue weighted by atomic mass is 9.99. The largest absolute Gasteiger partial charge is 0.480 e. The van der Waals surface area contributed by atoms with Gasteiger partial charge in [-0.3, -0.25) is 9.69 Å². The van der Waals surface area contributed by atoms with Crippen LogP contribution in [-0.2, 0) is 11.3 Å². The Bertz CT molecular complexity index is 608. The average molecular weight is 292 g/mol. The summed E-state index contributed by atoms with van der Waals surface area (Å²) in [4.78, 5) is 18.0. The zero-order chi connectivity index (χ0) is 14.2. The summed E-state index contributed by atoms with van der Waals surface area (Å²) >= 11 is 1.52. The van der Waals surface area contributed by atoms with E-state index in [0.29, 0.717) is 13.0 Å². The first-order valence-corrected chi connectivity index (χ1v) is 7.44. The molecule has 1 aliphatic rings. The van der Waals surface area contributed by atoms with Crippen LogP contribution in [0.25, 0.3) is 10.8 Å². The number of likely N-dealkylation sites (tertiary alicyclic amines) is 1. The van der Waals surface area contributed by atoms with Gasteiger partial charge in [-0.2, -0.15) is 0 Å². The summed E-state index contributed by atoms with van der Waals surface area (Å²) in [7, 11) is 0. The molecule has 1 unspecified atom stereocenters. The summed E-state index contributed by atoms with van der Waals surface area (Å²) in [5.74, 6) is 0.000144. The van der Waals surface area contributed by atoms with E-state index < -0.39 is 11.5 Å². The van der Waals surface area contributed by atoms with Gasteiger partial charge in [-0.15, -0.1) is 11.3 Å². The molecule has 0 bridgehead atoms. The van der Waals surface area contributed by atoms with Crippen LogP contribution in [0.5, 0.6) is 0 Å². The lowest BCUT2D eigenvalue weighted by Gasteiger charge is -2.30. The summed E-state index contributed by atoms with van der Waals surface area (Å²) in [6.45, 7) is 3.17. The zero-order valence-corrected chi connectivity index (χ0v) is 12.0. The molecule has 1 saturated heterocycles. The van der Waals surface area contributed by atoms with Crippen LogP contribution in [-0.4, -0.2) is 33.0 Å². The lowest BCUT2D eigenvalue weighted by Crippen LogP contribution is -2.47. The van der Waals surface area contributed by atoms with E-state index in [9.17, 15) is 9.90 Å². The van der Waals surface area contributed by atoms with Gasteiger partial charge in [0.2, 0.25) is 0 Å². The lowest BCUT2D eigenvalue weighted by molar-refractivity contribution is -0.148. The van der Waals surface area contributed by atoms with Gasteiger partial charge in [0.05, 0.1) is 12.0 Å². The molecule has 106 valence electrons. The number of hydrogen-bond donors (Lipinski definition) is 1. The minimum absolute atomic E-state index is 0.569.